The Kier molecular flexibility index (Phi) is 4.97. The van der Waals surface area contributed by atoms with Crippen molar-refractivity contribution in [2.45, 2.75) is 13.8 Å². The molecule has 0 radical (unpaired) electrons. The van der Waals surface area contributed by atoms with E-state index < -0.39 is 11.7 Å². The van der Waals surface area contributed by atoms with Crippen molar-refractivity contribution < 1.29 is 14.3 Å². The minimum Gasteiger partial charge on any atom is -0.497 e. The molecule has 0 spiro atoms. The molecule has 26 heavy (non-hydrogen) atoms. The summed E-state index contributed by atoms with van der Waals surface area (Å²) in [6.07, 6.45) is 0. The van der Waals surface area contributed by atoms with E-state index in [0.717, 1.165) is 17.1 Å². The van der Waals surface area contributed by atoms with Crippen molar-refractivity contribution in [1.29, 1.82) is 0 Å². The van der Waals surface area contributed by atoms with Gasteiger partial charge in [-0.05, 0) is 38.1 Å². The van der Waals surface area contributed by atoms with Crippen molar-refractivity contribution in [2.24, 2.45) is 7.05 Å². The van der Waals surface area contributed by atoms with Gasteiger partial charge in [0.15, 0.2) is 0 Å². The number of amides is 1. The molecular formula is C19H24N4O3. The lowest BCUT2D eigenvalue weighted by molar-refractivity contribution is -0.126. The van der Waals surface area contributed by atoms with E-state index in [9.17, 15) is 9.59 Å². The molecule has 0 unspecified atom stereocenters. The maximum Gasteiger partial charge on any atom is 0.295 e. The predicted octanol–water partition coefficient (Wildman–Crippen LogP) is 1.58. The Morgan fingerprint density at radius 3 is 2.15 bits per heavy atom. The first-order valence-electron chi connectivity index (χ1n) is 8.65. The second kappa shape index (κ2) is 7.19. The fraction of sp³-hybridized carbons (Fsp3) is 0.421. The van der Waals surface area contributed by atoms with Gasteiger partial charge in [-0.15, -0.1) is 0 Å². The SMILES string of the molecule is COc1ccc(N2CCN(C(=O)C(=O)c3c(C)nn(C)c3C)CC2)cc1. The Bertz CT molecular complexity index is 818. The van der Waals surface area contributed by atoms with Gasteiger partial charge in [-0.2, -0.15) is 5.10 Å². The van der Waals surface area contributed by atoms with Crippen molar-refractivity contribution in [3.05, 3.63) is 41.2 Å². The van der Waals surface area contributed by atoms with E-state index in [1.54, 1.807) is 30.7 Å². The van der Waals surface area contributed by atoms with Gasteiger partial charge in [0.1, 0.15) is 5.75 Å². The predicted molar refractivity (Wildman–Crippen MR) is 98.8 cm³/mol. The van der Waals surface area contributed by atoms with Gasteiger partial charge in [0.25, 0.3) is 11.7 Å². The number of piperazine rings is 1. The summed E-state index contributed by atoms with van der Waals surface area (Å²) in [6, 6.07) is 7.85. The third-order valence-electron chi connectivity index (χ3n) is 4.93. The number of methoxy groups -OCH3 is 1. The molecule has 1 aromatic carbocycles. The maximum atomic E-state index is 12.6. The Balaban J connectivity index is 1.65. The van der Waals surface area contributed by atoms with Crippen LogP contribution in [-0.4, -0.2) is 59.7 Å². The van der Waals surface area contributed by atoms with Crippen molar-refractivity contribution in [2.75, 3.05) is 38.2 Å². The Morgan fingerprint density at radius 2 is 1.65 bits per heavy atom. The normalized spacial score (nSPS) is 14.5. The number of aromatic nitrogens is 2. The first-order valence-corrected chi connectivity index (χ1v) is 8.65. The summed E-state index contributed by atoms with van der Waals surface area (Å²) in [5, 5.41) is 4.23. The monoisotopic (exact) mass is 356 g/mol. The molecule has 1 aliphatic heterocycles. The number of anilines is 1. The third-order valence-corrected chi connectivity index (χ3v) is 4.93. The van der Waals surface area contributed by atoms with Gasteiger partial charge in [-0.1, -0.05) is 0 Å². The molecule has 0 N–H and O–H groups in total. The largest absolute Gasteiger partial charge is 0.497 e. The fourth-order valence-electron chi connectivity index (χ4n) is 3.31. The molecule has 1 fully saturated rings. The first-order chi connectivity index (χ1) is 12.4. The number of hydrogen-bond acceptors (Lipinski definition) is 5. The van der Waals surface area contributed by atoms with E-state index in [-0.39, 0.29) is 0 Å². The highest BCUT2D eigenvalue weighted by molar-refractivity contribution is 6.43. The summed E-state index contributed by atoms with van der Waals surface area (Å²) in [5.41, 5.74) is 2.83. The fourth-order valence-corrected chi connectivity index (χ4v) is 3.31. The van der Waals surface area contributed by atoms with Crippen LogP contribution in [0.3, 0.4) is 0 Å². The molecule has 7 heteroatoms. The van der Waals surface area contributed by atoms with Crippen LogP contribution >= 0.6 is 0 Å². The number of aryl methyl sites for hydroxylation is 2. The lowest BCUT2D eigenvalue weighted by Crippen LogP contribution is -2.50. The highest BCUT2D eigenvalue weighted by Crippen LogP contribution is 2.21. The number of hydrogen-bond donors (Lipinski definition) is 0. The van der Waals surface area contributed by atoms with Crippen molar-refractivity contribution in [3.63, 3.8) is 0 Å². The summed E-state index contributed by atoms with van der Waals surface area (Å²) < 4.78 is 6.82. The molecule has 138 valence electrons. The molecule has 1 aromatic heterocycles. The maximum absolute atomic E-state index is 12.6. The number of ketones is 1. The number of nitrogens with zero attached hydrogens (tertiary/aromatic N) is 4. The van der Waals surface area contributed by atoms with E-state index in [4.69, 9.17) is 4.74 Å². The van der Waals surface area contributed by atoms with Crippen LogP contribution in [0.1, 0.15) is 21.7 Å². The molecule has 0 aliphatic carbocycles. The Morgan fingerprint density at radius 1 is 1.04 bits per heavy atom. The topological polar surface area (TPSA) is 67.7 Å². The summed E-state index contributed by atoms with van der Waals surface area (Å²) >= 11 is 0. The smallest absolute Gasteiger partial charge is 0.295 e. The number of benzene rings is 1. The standard InChI is InChI=1S/C19H24N4O3/c1-13-17(14(2)21(3)20-13)18(24)19(25)23-11-9-22(10-12-23)15-5-7-16(26-4)8-6-15/h5-8H,9-12H2,1-4H3. The van der Waals surface area contributed by atoms with Gasteiger partial charge < -0.3 is 14.5 Å². The van der Waals surface area contributed by atoms with Crippen LogP contribution in [0.15, 0.2) is 24.3 Å². The second-order valence-electron chi connectivity index (χ2n) is 6.48. The molecule has 0 atom stereocenters. The molecule has 3 rings (SSSR count). The Hall–Kier alpha value is -2.83. The minimum atomic E-state index is -0.467. The molecule has 0 saturated carbocycles. The lowest BCUT2D eigenvalue weighted by Gasteiger charge is -2.35. The molecule has 1 amide bonds. The summed E-state index contributed by atoms with van der Waals surface area (Å²) in [4.78, 5) is 29.1. The second-order valence-corrected chi connectivity index (χ2v) is 6.48. The van der Waals surface area contributed by atoms with E-state index in [1.807, 2.05) is 31.2 Å². The minimum absolute atomic E-state index is 0.426. The van der Waals surface area contributed by atoms with Crippen LogP contribution in [0.4, 0.5) is 5.69 Å². The van der Waals surface area contributed by atoms with Gasteiger partial charge in [0, 0.05) is 44.6 Å². The molecule has 2 heterocycles. The number of ether oxygens (including phenoxy) is 1. The van der Waals surface area contributed by atoms with Crippen LogP contribution in [0.25, 0.3) is 0 Å². The number of Topliss-reactive ketones (excluding diaryl/α,β-unsaturated/α-hetero) is 1. The molecule has 1 saturated heterocycles. The summed E-state index contributed by atoms with van der Waals surface area (Å²) in [5.74, 6) is -0.0973. The molecule has 1 aliphatic rings. The van der Waals surface area contributed by atoms with E-state index in [2.05, 4.69) is 10.00 Å². The van der Waals surface area contributed by atoms with Gasteiger partial charge in [0.05, 0.1) is 18.4 Å². The van der Waals surface area contributed by atoms with Gasteiger partial charge >= 0.3 is 0 Å². The quantitative estimate of drug-likeness (QED) is 0.615. The van der Waals surface area contributed by atoms with Crippen LogP contribution in [-0.2, 0) is 11.8 Å². The lowest BCUT2D eigenvalue weighted by atomic mass is 10.1. The third kappa shape index (κ3) is 3.29. The van der Waals surface area contributed by atoms with Crippen molar-refractivity contribution in [1.82, 2.24) is 14.7 Å². The van der Waals surface area contributed by atoms with E-state index in [1.165, 1.54) is 0 Å². The Labute approximate surface area is 153 Å². The summed E-state index contributed by atoms with van der Waals surface area (Å²) in [7, 11) is 3.42. The number of carbonyl (C=O) groups excluding carboxylic acids is 2. The van der Waals surface area contributed by atoms with Crippen LogP contribution in [0.5, 0.6) is 5.75 Å². The zero-order valence-electron chi connectivity index (χ0n) is 15.7. The van der Waals surface area contributed by atoms with Gasteiger partial charge in [-0.3, -0.25) is 14.3 Å². The van der Waals surface area contributed by atoms with Crippen molar-refractivity contribution in [3.8, 4) is 5.75 Å². The molecule has 2 aromatic rings. The average molecular weight is 356 g/mol. The van der Waals surface area contributed by atoms with Gasteiger partial charge in [-0.25, -0.2) is 0 Å². The summed E-state index contributed by atoms with van der Waals surface area (Å²) in [6.45, 7) is 5.99. The van der Waals surface area contributed by atoms with Crippen LogP contribution < -0.4 is 9.64 Å². The number of carbonyl (C=O) groups is 2. The van der Waals surface area contributed by atoms with Crippen molar-refractivity contribution >= 4 is 17.4 Å². The van der Waals surface area contributed by atoms with Crippen LogP contribution in [0, 0.1) is 13.8 Å². The highest BCUT2D eigenvalue weighted by atomic mass is 16.5. The average Bonchev–Trinajstić information content (AvgIpc) is 2.92. The van der Waals surface area contributed by atoms with Gasteiger partial charge in [0.2, 0.25) is 0 Å². The first kappa shape index (κ1) is 18.0. The van der Waals surface area contributed by atoms with E-state index >= 15 is 0 Å². The molecular weight excluding hydrogens is 332 g/mol. The zero-order valence-corrected chi connectivity index (χ0v) is 15.7. The van der Waals surface area contributed by atoms with E-state index in [0.29, 0.717) is 37.4 Å². The number of rotatable bonds is 4. The molecule has 7 nitrogen and oxygen atoms in total. The zero-order chi connectivity index (χ0) is 18.8. The van der Waals surface area contributed by atoms with Crippen LogP contribution in [0.2, 0.25) is 0 Å². The molecule has 0 bridgehead atoms. The highest BCUT2D eigenvalue weighted by Gasteiger charge is 2.30.